The van der Waals surface area contributed by atoms with E-state index >= 15 is 0 Å². The molecule has 1 heterocycles. The Balaban J connectivity index is 1.69. The number of H-pyrrole nitrogens is 1. The lowest BCUT2D eigenvalue weighted by atomic mass is 10.2. The highest BCUT2D eigenvalue weighted by Gasteiger charge is 2.13. The van der Waals surface area contributed by atoms with Gasteiger partial charge in [0.2, 0.25) is 11.8 Å². The summed E-state index contributed by atoms with van der Waals surface area (Å²) in [4.78, 5) is 24.3. The van der Waals surface area contributed by atoms with Crippen LogP contribution in [0.4, 0.5) is 11.4 Å². The molecule has 3 N–H and O–H groups in total. The first-order valence-electron chi connectivity index (χ1n) is 9.38. The van der Waals surface area contributed by atoms with Crippen LogP contribution >= 0.6 is 12.2 Å². The van der Waals surface area contributed by atoms with E-state index in [1.54, 1.807) is 35.9 Å². The lowest BCUT2D eigenvalue weighted by Gasteiger charge is -2.10. The predicted molar refractivity (Wildman–Crippen MR) is 118 cm³/mol. The van der Waals surface area contributed by atoms with Crippen molar-refractivity contribution >= 4 is 35.4 Å². The van der Waals surface area contributed by atoms with Crippen molar-refractivity contribution in [1.82, 2.24) is 14.8 Å². The fraction of sp³-hybridized carbons (Fsp3) is 0.238. The van der Waals surface area contributed by atoms with E-state index in [0.717, 1.165) is 11.3 Å². The van der Waals surface area contributed by atoms with Crippen LogP contribution in [-0.4, -0.2) is 33.7 Å². The number of anilines is 2. The highest BCUT2D eigenvalue weighted by molar-refractivity contribution is 7.71. The fourth-order valence-electron chi connectivity index (χ4n) is 2.69. The highest BCUT2D eigenvalue weighted by Crippen LogP contribution is 2.21. The van der Waals surface area contributed by atoms with E-state index in [1.165, 1.54) is 0 Å². The molecule has 30 heavy (non-hydrogen) atoms. The Kier molecular flexibility index (Phi) is 6.63. The zero-order valence-corrected chi connectivity index (χ0v) is 17.7. The maximum Gasteiger partial charge on any atom is 0.244 e. The van der Waals surface area contributed by atoms with E-state index in [1.807, 2.05) is 38.1 Å². The number of methoxy groups -OCH3 is 1. The minimum Gasteiger partial charge on any atom is -0.497 e. The predicted octanol–water partition coefficient (Wildman–Crippen LogP) is 3.85. The van der Waals surface area contributed by atoms with Crippen LogP contribution in [0.25, 0.3) is 11.4 Å². The van der Waals surface area contributed by atoms with Gasteiger partial charge in [-0.2, -0.15) is 5.10 Å². The van der Waals surface area contributed by atoms with Gasteiger partial charge in [-0.25, -0.2) is 0 Å². The average molecular weight is 426 g/mol. The number of hydrogen-bond acceptors (Lipinski definition) is 5. The first kappa shape index (κ1) is 21.3. The highest BCUT2D eigenvalue weighted by atomic mass is 32.1. The zero-order chi connectivity index (χ0) is 21.7. The van der Waals surface area contributed by atoms with E-state index in [0.29, 0.717) is 22.0 Å². The molecule has 3 rings (SSSR count). The SMILES string of the molecule is COc1ccc(-c2n[nH]c(=S)n2CC(=O)Nc2ccc(NC(=O)C(C)C)cc2)cc1. The number of rotatable bonds is 7. The second kappa shape index (κ2) is 9.36. The third-order valence-corrected chi connectivity index (χ3v) is 4.68. The van der Waals surface area contributed by atoms with Crippen molar-refractivity contribution in [3.63, 3.8) is 0 Å². The van der Waals surface area contributed by atoms with E-state index in [-0.39, 0.29) is 24.3 Å². The van der Waals surface area contributed by atoms with Crippen LogP contribution in [0.2, 0.25) is 0 Å². The third-order valence-electron chi connectivity index (χ3n) is 4.37. The lowest BCUT2D eigenvalue weighted by molar-refractivity contribution is -0.119. The van der Waals surface area contributed by atoms with Gasteiger partial charge in [-0.1, -0.05) is 13.8 Å². The van der Waals surface area contributed by atoms with Crippen molar-refractivity contribution in [2.75, 3.05) is 17.7 Å². The number of hydrogen-bond donors (Lipinski definition) is 3. The minimum atomic E-state index is -0.249. The molecule has 3 aromatic rings. The van der Waals surface area contributed by atoms with E-state index in [4.69, 9.17) is 17.0 Å². The summed E-state index contributed by atoms with van der Waals surface area (Å²) in [6, 6.07) is 14.3. The molecular formula is C21H23N5O3S. The van der Waals surface area contributed by atoms with Gasteiger partial charge in [-0.3, -0.25) is 19.3 Å². The van der Waals surface area contributed by atoms with Crippen LogP contribution in [0.3, 0.4) is 0 Å². The molecule has 0 saturated carbocycles. The van der Waals surface area contributed by atoms with Gasteiger partial charge >= 0.3 is 0 Å². The molecule has 0 aliphatic heterocycles. The molecule has 0 aliphatic carbocycles. The Morgan fingerprint density at radius 3 is 2.23 bits per heavy atom. The molecule has 0 aliphatic rings. The Labute approximate surface area is 179 Å². The molecular weight excluding hydrogens is 402 g/mol. The average Bonchev–Trinajstić information content (AvgIpc) is 3.09. The maximum atomic E-state index is 12.6. The first-order valence-corrected chi connectivity index (χ1v) is 9.78. The summed E-state index contributed by atoms with van der Waals surface area (Å²) >= 11 is 5.28. The third kappa shape index (κ3) is 5.12. The molecule has 9 heteroatoms. The Morgan fingerprint density at radius 1 is 1.07 bits per heavy atom. The molecule has 0 atom stereocenters. The van der Waals surface area contributed by atoms with E-state index < -0.39 is 0 Å². The lowest BCUT2D eigenvalue weighted by Crippen LogP contribution is -2.20. The van der Waals surface area contributed by atoms with Gasteiger partial charge in [0.25, 0.3) is 0 Å². The number of ether oxygens (including phenoxy) is 1. The topological polar surface area (TPSA) is 101 Å². The minimum absolute atomic E-state index is 0.00251. The van der Waals surface area contributed by atoms with E-state index in [9.17, 15) is 9.59 Å². The van der Waals surface area contributed by atoms with Gasteiger partial charge in [0.05, 0.1) is 7.11 Å². The van der Waals surface area contributed by atoms with Crippen molar-refractivity contribution in [2.45, 2.75) is 20.4 Å². The number of nitrogens with zero attached hydrogens (tertiary/aromatic N) is 2. The number of carbonyl (C=O) groups excluding carboxylic acids is 2. The number of carbonyl (C=O) groups is 2. The maximum absolute atomic E-state index is 12.6. The van der Waals surface area contributed by atoms with Gasteiger partial charge in [0.1, 0.15) is 12.3 Å². The van der Waals surface area contributed by atoms with Crippen LogP contribution in [0.15, 0.2) is 48.5 Å². The molecule has 1 aromatic heterocycles. The quantitative estimate of drug-likeness (QED) is 0.499. The normalized spacial score (nSPS) is 10.7. The van der Waals surface area contributed by atoms with Gasteiger partial charge in [-0.05, 0) is 60.7 Å². The Bertz CT molecular complexity index is 1090. The van der Waals surface area contributed by atoms with Crippen LogP contribution in [-0.2, 0) is 16.1 Å². The largest absolute Gasteiger partial charge is 0.497 e. The number of nitrogens with one attached hydrogen (secondary N) is 3. The number of aromatic nitrogens is 3. The molecule has 8 nitrogen and oxygen atoms in total. The van der Waals surface area contributed by atoms with Crippen molar-refractivity contribution in [3.05, 3.63) is 53.3 Å². The second-order valence-electron chi connectivity index (χ2n) is 6.94. The summed E-state index contributed by atoms with van der Waals surface area (Å²) in [5.74, 6) is 0.868. The summed E-state index contributed by atoms with van der Waals surface area (Å²) in [5.41, 5.74) is 2.09. The summed E-state index contributed by atoms with van der Waals surface area (Å²) in [6.45, 7) is 3.65. The summed E-state index contributed by atoms with van der Waals surface area (Å²) in [7, 11) is 1.60. The first-order chi connectivity index (χ1) is 14.4. The Hall–Kier alpha value is -3.46. The molecule has 0 unspecified atom stereocenters. The summed E-state index contributed by atoms with van der Waals surface area (Å²) in [5, 5.41) is 12.6. The van der Waals surface area contributed by atoms with Crippen LogP contribution in [0, 0.1) is 10.7 Å². The molecule has 2 amide bonds. The van der Waals surface area contributed by atoms with Gasteiger partial charge in [0, 0.05) is 22.9 Å². The Morgan fingerprint density at radius 2 is 1.67 bits per heavy atom. The van der Waals surface area contributed by atoms with Crippen molar-refractivity contribution < 1.29 is 14.3 Å². The molecule has 0 saturated heterocycles. The van der Waals surface area contributed by atoms with Crippen molar-refractivity contribution in [2.24, 2.45) is 5.92 Å². The standard InChI is InChI=1S/C21H23N5O3S/c1-13(2)20(28)23-16-8-6-15(7-9-16)22-18(27)12-26-19(24-25-21(26)30)14-4-10-17(29-3)11-5-14/h4-11,13H,12H2,1-3H3,(H,22,27)(H,23,28)(H,25,30). The van der Waals surface area contributed by atoms with Crippen LogP contribution in [0.1, 0.15) is 13.8 Å². The monoisotopic (exact) mass is 425 g/mol. The van der Waals surface area contributed by atoms with Gasteiger partial charge in [0.15, 0.2) is 10.6 Å². The van der Waals surface area contributed by atoms with Crippen LogP contribution in [0.5, 0.6) is 5.75 Å². The second-order valence-corrected chi connectivity index (χ2v) is 7.32. The molecule has 156 valence electrons. The molecule has 0 fully saturated rings. The number of amides is 2. The molecule has 0 bridgehead atoms. The number of aromatic amines is 1. The molecule has 0 spiro atoms. The van der Waals surface area contributed by atoms with Crippen LogP contribution < -0.4 is 15.4 Å². The van der Waals surface area contributed by atoms with Gasteiger partial charge < -0.3 is 15.4 Å². The zero-order valence-electron chi connectivity index (χ0n) is 16.9. The smallest absolute Gasteiger partial charge is 0.244 e. The van der Waals surface area contributed by atoms with Gasteiger partial charge in [-0.15, -0.1) is 0 Å². The molecule has 0 radical (unpaired) electrons. The summed E-state index contributed by atoms with van der Waals surface area (Å²) < 4.78 is 7.15. The van der Waals surface area contributed by atoms with Crippen molar-refractivity contribution in [1.29, 1.82) is 0 Å². The number of benzene rings is 2. The fourth-order valence-corrected chi connectivity index (χ4v) is 2.89. The summed E-state index contributed by atoms with van der Waals surface area (Å²) in [6.07, 6.45) is 0. The molecule has 2 aromatic carbocycles. The van der Waals surface area contributed by atoms with Crippen molar-refractivity contribution in [3.8, 4) is 17.1 Å². The van der Waals surface area contributed by atoms with E-state index in [2.05, 4.69) is 20.8 Å².